The fraction of sp³-hybridized carbons (Fsp3) is 0.143. The fourth-order valence-electron chi connectivity index (χ4n) is 2.08. The van der Waals surface area contributed by atoms with Crippen LogP contribution in [-0.4, -0.2) is 15.5 Å². The third-order valence-corrected chi connectivity index (χ3v) is 4.87. The van der Waals surface area contributed by atoms with Gasteiger partial charge in [0.2, 0.25) is 10.0 Å². The number of nitrogen functional groups attached to an aromatic ring is 1. The molecule has 0 radical (unpaired) electrons. The topological polar surface area (TPSA) is 89.4 Å². The first-order chi connectivity index (χ1) is 9.80. The van der Waals surface area contributed by atoms with E-state index in [0.717, 1.165) is 10.0 Å². The van der Waals surface area contributed by atoms with Gasteiger partial charge >= 0.3 is 0 Å². The summed E-state index contributed by atoms with van der Waals surface area (Å²) in [5.41, 5.74) is 7.80. The van der Waals surface area contributed by atoms with E-state index in [1.165, 1.54) is 6.07 Å². The normalized spacial score (nSPS) is 11.4. The average molecular weight is 370 g/mol. The van der Waals surface area contributed by atoms with Crippen molar-refractivity contribution in [1.29, 1.82) is 0 Å². The molecule has 0 aromatic heterocycles. The van der Waals surface area contributed by atoms with Crippen molar-refractivity contribution in [2.24, 2.45) is 5.14 Å². The summed E-state index contributed by atoms with van der Waals surface area (Å²) in [6.45, 7) is 0.583. The van der Waals surface area contributed by atoms with Crippen molar-refractivity contribution in [3.8, 4) is 0 Å². The van der Waals surface area contributed by atoms with Crippen molar-refractivity contribution in [2.75, 3.05) is 17.7 Å². The number of primary sulfonamides is 1. The molecule has 0 spiro atoms. The number of anilines is 2. The highest BCUT2D eigenvalue weighted by Gasteiger charge is 2.17. The van der Waals surface area contributed by atoms with Crippen LogP contribution in [0, 0.1) is 0 Å². The number of benzene rings is 2. The minimum absolute atomic E-state index is 0.0565. The summed E-state index contributed by atoms with van der Waals surface area (Å²) in [5.74, 6) is 0. The lowest BCUT2D eigenvalue weighted by molar-refractivity contribution is 0.598. The summed E-state index contributed by atoms with van der Waals surface area (Å²) in [6, 6.07) is 12.6. The highest BCUT2D eigenvalue weighted by atomic mass is 79.9. The molecule has 0 saturated carbocycles. The van der Waals surface area contributed by atoms with Crippen LogP contribution in [-0.2, 0) is 16.6 Å². The zero-order valence-corrected chi connectivity index (χ0v) is 13.9. The molecule has 2 aromatic rings. The van der Waals surface area contributed by atoms with Crippen LogP contribution in [0.25, 0.3) is 0 Å². The van der Waals surface area contributed by atoms with Crippen LogP contribution in [0.1, 0.15) is 5.56 Å². The average Bonchev–Trinajstić information content (AvgIpc) is 2.40. The van der Waals surface area contributed by atoms with Gasteiger partial charge in [-0.25, -0.2) is 13.6 Å². The Balaban J connectivity index is 2.37. The monoisotopic (exact) mass is 369 g/mol. The van der Waals surface area contributed by atoms with E-state index in [1.807, 2.05) is 36.2 Å². The summed E-state index contributed by atoms with van der Waals surface area (Å²) >= 11 is 3.49. The Kier molecular flexibility index (Phi) is 4.55. The number of nitrogens with two attached hydrogens (primary N) is 2. The molecule has 2 aromatic carbocycles. The number of hydrogen-bond acceptors (Lipinski definition) is 4. The van der Waals surface area contributed by atoms with E-state index < -0.39 is 10.0 Å². The van der Waals surface area contributed by atoms with Crippen LogP contribution in [0.2, 0.25) is 0 Å². The predicted octanol–water partition coefficient (Wildman–Crippen LogP) is 2.32. The first-order valence-corrected chi connectivity index (χ1v) is 8.50. The molecule has 0 aliphatic heterocycles. The van der Waals surface area contributed by atoms with E-state index in [4.69, 9.17) is 10.9 Å². The van der Waals surface area contributed by atoms with Gasteiger partial charge in [0.25, 0.3) is 0 Å². The van der Waals surface area contributed by atoms with Crippen molar-refractivity contribution in [1.82, 2.24) is 0 Å². The van der Waals surface area contributed by atoms with Crippen molar-refractivity contribution < 1.29 is 8.42 Å². The second kappa shape index (κ2) is 6.05. The Labute approximate surface area is 132 Å². The second-order valence-electron chi connectivity index (χ2n) is 4.68. The van der Waals surface area contributed by atoms with Gasteiger partial charge in [-0.3, -0.25) is 0 Å². The molecule has 0 saturated heterocycles. The second-order valence-corrected chi connectivity index (χ2v) is 7.07. The summed E-state index contributed by atoms with van der Waals surface area (Å²) in [4.78, 5) is 1.82. The number of sulfonamides is 1. The SMILES string of the molecule is CN(Cc1ccccc1Br)c1cccc(S(N)(=O)=O)c1N. The Hall–Kier alpha value is -1.57. The van der Waals surface area contributed by atoms with Crippen LogP contribution >= 0.6 is 15.9 Å². The van der Waals surface area contributed by atoms with Crippen LogP contribution < -0.4 is 15.8 Å². The maximum Gasteiger partial charge on any atom is 0.240 e. The molecule has 0 aliphatic rings. The van der Waals surface area contributed by atoms with Gasteiger partial charge in [0.05, 0.1) is 11.4 Å². The van der Waals surface area contributed by atoms with Crippen LogP contribution in [0.4, 0.5) is 11.4 Å². The molecule has 0 unspecified atom stereocenters. The molecule has 4 N–H and O–H groups in total. The Morgan fingerprint density at radius 1 is 1.14 bits per heavy atom. The maximum atomic E-state index is 11.5. The Morgan fingerprint density at radius 2 is 1.81 bits per heavy atom. The molecule has 21 heavy (non-hydrogen) atoms. The molecular formula is C14H16BrN3O2S. The number of nitrogens with zero attached hydrogens (tertiary/aromatic N) is 1. The number of para-hydroxylation sites is 1. The highest BCUT2D eigenvalue weighted by molar-refractivity contribution is 9.10. The molecule has 7 heteroatoms. The third-order valence-electron chi connectivity index (χ3n) is 3.13. The lowest BCUT2D eigenvalue weighted by atomic mass is 10.2. The van der Waals surface area contributed by atoms with E-state index in [2.05, 4.69) is 15.9 Å². The van der Waals surface area contributed by atoms with Gasteiger partial charge in [-0.05, 0) is 23.8 Å². The zero-order chi connectivity index (χ0) is 15.6. The number of hydrogen-bond donors (Lipinski definition) is 2. The molecule has 112 valence electrons. The van der Waals surface area contributed by atoms with Crippen LogP contribution in [0.5, 0.6) is 0 Å². The van der Waals surface area contributed by atoms with Crippen LogP contribution in [0.15, 0.2) is 51.8 Å². The molecule has 0 aliphatic carbocycles. The third kappa shape index (κ3) is 3.55. The van der Waals surface area contributed by atoms with Crippen molar-refractivity contribution in [2.45, 2.75) is 11.4 Å². The van der Waals surface area contributed by atoms with E-state index in [1.54, 1.807) is 12.1 Å². The minimum atomic E-state index is -3.83. The van der Waals surface area contributed by atoms with E-state index in [9.17, 15) is 8.42 Å². The molecule has 2 rings (SSSR count). The quantitative estimate of drug-likeness (QED) is 0.809. The standard InChI is InChI=1S/C14H16BrN3O2S/c1-18(9-10-5-2-3-6-11(10)15)12-7-4-8-13(14(12)16)21(17,19)20/h2-8H,9,16H2,1H3,(H2,17,19,20). The fourth-order valence-corrected chi connectivity index (χ4v) is 3.17. The van der Waals surface area contributed by atoms with E-state index >= 15 is 0 Å². The smallest absolute Gasteiger partial charge is 0.240 e. The van der Waals surface area contributed by atoms with Gasteiger partial charge in [-0.15, -0.1) is 0 Å². The zero-order valence-electron chi connectivity index (χ0n) is 11.5. The largest absolute Gasteiger partial charge is 0.396 e. The molecule has 0 bridgehead atoms. The van der Waals surface area contributed by atoms with Crippen molar-refractivity contribution in [3.05, 3.63) is 52.5 Å². The molecule has 0 fully saturated rings. The van der Waals surface area contributed by atoms with E-state index in [0.29, 0.717) is 12.2 Å². The Bertz CT molecular complexity index is 763. The summed E-state index contributed by atoms with van der Waals surface area (Å²) in [5, 5.41) is 5.17. The minimum Gasteiger partial charge on any atom is -0.396 e. The molecule has 5 nitrogen and oxygen atoms in total. The molecule has 0 atom stereocenters. The number of halogens is 1. The first-order valence-electron chi connectivity index (χ1n) is 6.16. The number of rotatable bonds is 4. The van der Waals surface area contributed by atoms with Gasteiger partial charge in [0.1, 0.15) is 4.90 Å². The first kappa shape index (κ1) is 15.8. The van der Waals surface area contributed by atoms with E-state index in [-0.39, 0.29) is 10.6 Å². The summed E-state index contributed by atoms with van der Waals surface area (Å²) < 4.78 is 24.0. The predicted molar refractivity (Wildman–Crippen MR) is 88.5 cm³/mol. The lowest BCUT2D eigenvalue weighted by Crippen LogP contribution is -2.21. The van der Waals surface area contributed by atoms with Gasteiger partial charge in [-0.1, -0.05) is 40.2 Å². The van der Waals surface area contributed by atoms with Gasteiger partial charge in [0.15, 0.2) is 0 Å². The summed E-state index contributed by atoms with van der Waals surface area (Å²) in [7, 11) is -1.99. The van der Waals surface area contributed by atoms with Crippen molar-refractivity contribution >= 4 is 37.3 Å². The Morgan fingerprint density at radius 3 is 2.43 bits per heavy atom. The molecule has 0 amide bonds. The lowest BCUT2D eigenvalue weighted by Gasteiger charge is -2.22. The molecular weight excluding hydrogens is 354 g/mol. The maximum absolute atomic E-state index is 11.5. The molecule has 0 heterocycles. The van der Waals surface area contributed by atoms with Gasteiger partial charge in [0, 0.05) is 18.1 Å². The van der Waals surface area contributed by atoms with Crippen molar-refractivity contribution in [3.63, 3.8) is 0 Å². The van der Waals surface area contributed by atoms with Gasteiger partial charge < -0.3 is 10.6 Å². The van der Waals surface area contributed by atoms with Crippen LogP contribution in [0.3, 0.4) is 0 Å². The van der Waals surface area contributed by atoms with Gasteiger partial charge in [-0.2, -0.15) is 0 Å². The highest BCUT2D eigenvalue weighted by Crippen LogP contribution is 2.30. The summed E-state index contributed by atoms with van der Waals surface area (Å²) in [6.07, 6.45) is 0.